The van der Waals surface area contributed by atoms with Crippen LogP contribution in [0.1, 0.15) is 65.3 Å². The summed E-state index contributed by atoms with van der Waals surface area (Å²) in [6, 6.07) is 6.32. The molecule has 1 aliphatic rings. The van der Waals surface area contributed by atoms with Gasteiger partial charge in [0.25, 0.3) is 5.91 Å². The summed E-state index contributed by atoms with van der Waals surface area (Å²) in [5.74, 6) is -0.532. The maximum atomic E-state index is 12.7. The average molecular weight is 479 g/mol. The van der Waals surface area contributed by atoms with Crippen LogP contribution in [0.2, 0.25) is 0 Å². The first-order chi connectivity index (χ1) is 16.9. The normalized spacial score (nSPS) is 14.8. The molecule has 184 valence electrons. The molecule has 1 amide bonds. The van der Waals surface area contributed by atoms with E-state index in [0.717, 1.165) is 5.57 Å². The molecule has 2 aromatic rings. The second-order valence-corrected chi connectivity index (χ2v) is 8.26. The van der Waals surface area contributed by atoms with E-state index >= 15 is 0 Å². The predicted octanol–water partition coefficient (Wildman–Crippen LogP) is 4.25. The molecule has 1 aromatic heterocycles. The summed E-state index contributed by atoms with van der Waals surface area (Å²) in [5, 5.41) is 13.4. The lowest BCUT2D eigenvalue weighted by molar-refractivity contribution is -0.118. The minimum Gasteiger partial charge on any atom is -0.507 e. The number of carbonyl (C=O) groups is 3. The Labute approximate surface area is 204 Å². The van der Waals surface area contributed by atoms with E-state index < -0.39 is 5.97 Å². The lowest BCUT2D eigenvalue weighted by Gasteiger charge is -2.13. The van der Waals surface area contributed by atoms with Gasteiger partial charge in [0.2, 0.25) is 0 Å². The number of Topliss-reactive ketones (excluding diaryl/α,β-unsaturated/α-hetero) is 1. The fourth-order valence-electron chi connectivity index (χ4n) is 3.46. The van der Waals surface area contributed by atoms with Crippen LogP contribution in [0.25, 0.3) is 6.08 Å². The molecule has 0 atom stereocenters. The number of phenolic OH excluding ortho intramolecular Hbond substituents is 1. The Morgan fingerprint density at radius 3 is 2.83 bits per heavy atom. The number of amides is 1. The number of nitrogens with one attached hydrogen (secondary N) is 1. The number of pyridine rings is 1. The fourth-order valence-corrected chi connectivity index (χ4v) is 3.46. The van der Waals surface area contributed by atoms with Crippen molar-refractivity contribution in [2.75, 3.05) is 19.8 Å². The molecule has 0 fully saturated rings. The Kier molecular flexibility index (Phi) is 9.59. The Balaban J connectivity index is 1.64. The molecule has 2 heterocycles. The number of hydrogen-bond acceptors (Lipinski definition) is 7. The number of nitrogens with zero attached hydrogens (tertiary/aromatic N) is 1. The van der Waals surface area contributed by atoms with Crippen molar-refractivity contribution in [1.29, 1.82) is 0 Å². The van der Waals surface area contributed by atoms with Gasteiger partial charge in [0, 0.05) is 43.4 Å². The Hall–Kier alpha value is -3.94. The van der Waals surface area contributed by atoms with Crippen molar-refractivity contribution >= 4 is 23.7 Å². The molecule has 0 radical (unpaired) electrons. The van der Waals surface area contributed by atoms with Crippen LogP contribution in [0, 0.1) is 0 Å². The lowest BCUT2D eigenvalue weighted by Crippen LogP contribution is -2.25. The van der Waals surface area contributed by atoms with E-state index in [4.69, 9.17) is 9.47 Å². The summed E-state index contributed by atoms with van der Waals surface area (Å²) in [7, 11) is 0. The summed E-state index contributed by atoms with van der Waals surface area (Å²) >= 11 is 0. The van der Waals surface area contributed by atoms with E-state index in [0.29, 0.717) is 62.1 Å². The van der Waals surface area contributed by atoms with E-state index in [1.165, 1.54) is 6.07 Å². The number of benzene rings is 1. The van der Waals surface area contributed by atoms with E-state index in [2.05, 4.69) is 10.3 Å². The topological polar surface area (TPSA) is 115 Å². The summed E-state index contributed by atoms with van der Waals surface area (Å²) < 4.78 is 11.1. The average Bonchev–Trinajstić information content (AvgIpc) is 2.85. The van der Waals surface area contributed by atoms with Crippen LogP contribution in [-0.4, -0.2) is 47.5 Å². The number of carbonyl (C=O) groups excluding carboxylic acids is 3. The van der Waals surface area contributed by atoms with E-state index in [-0.39, 0.29) is 29.6 Å². The van der Waals surface area contributed by atoms with Gasteiger partial charge in [0.1, 0.15) is 29.5 Å². The second kappa shape index (κ2) is 13.1. The number of ketones is 1. The zero-order valence-electron chi connectivity index (χ0n) is 19.8. The molecule has 0 spiro atoms. The van der Waals surface area contributed by atoms with Gasteiger partial charge < -0.3 is 19.9 Å². The largest absolute Gasteiger partial charge is 0.507 e. The third-order valence-electron chi connectivity index (χ3n) is 5.38. The Bertz CT molecular complexity index is 1110. The molecule has 0 bridgehead atoms. The number of rotatable bonds is 6. The van der Waals surface area contributed by atoms with Gasteiger partial charge in [-0.3, -0.25) is 14.6 Å². The van der Waals surface area contributed by atoms with Crippen LogP contribution in [0.15, 0.2) is 54.4 Å². The van der Waals surface area contributed by atoms with Gasteiger partial charge in [0.05, 0.1) is 6.61 Å². The van der Waals surface area contributed by atoms with Crippen LogP contribution in [0.3, 0.4) is 0 Å². The number of ether oxygens (including phenoxy) is 2. The highest BCUT2D eigenvalue weighted by Crippen LogP contribution is 2.30. The summed E-state index contributed by atoms with van der Waals surface area (Å²) in [4.78, 5) is 40.6. The molecule has 8 nitrogen and oxygen atoms in total. The first-order valence-corrected chi connectivity index (χ1v) is 11.6. The highest BCUT2D eigenvalue weighted by atomic mass is 16.5. The predicted molar refractivity (Wildman–Crippen MR) is 131 cm³/mol. The first kappa shape index (κ1) is 25.7. The molecule has 0 saturated carbocycles. The summed E-state index contributed by atoms with van der Waals surface area (Å²) in [6.07, 6.45) is 11.2. The molecule has 3 rings (SSSR count). The van der Waals surface area contributed by atoms with Gasteiger partial charge in [-0.2, -0.15) is 0 Å². The van der Waals surface area contributed by atoms with Crippen molar-refractivity contribution in [2.24, 2.45) is 0 Å². The van der Waals surface area contributed by atoms with Gasteiger partial charge in [0.15, 0.2) is 0 Å². The van der Waals surface area contributed by atoms with Crippen molar-refractivity contribution in [1.82, 2.24) is 10.3 Å². The molecule has 0 unspecified atom stereocenters. The van der Waals surface area contributed by atoms with Crippen molar-refractivity contribution in [3.63, 3.8) is 0 Å². The van der Waals surface area contributed by atoms with Crippen molar-refractivity contribution in [2.45, 2.75) is 39.0 Å². The van der Waals surface area contributed by atoms with Crippen molar-refractivity contribution in [3.05, 3.63) is 71.1 Å². The smallest absolute Gasteiger partial charge is 0.342 e. The first-order valence-electron chi connectivity index (χ1n) is 11.6. The van der Waals surface area contributed by atoms with Crippen LogP contribution in [0.4, 0.5) is 0 Å². The van der Waals surface area contributed by atoms with Crippen molar-refractivity contribution in [3.8, 4) is 11.5 Å². The van der Waals surface area contributed by atoms with Gasteiger partial charge in [-0.15, -0.1) is 0 Å². The summed E-state index contributed by atoms with van der Waals surface area (Å²) in [5.41, 5.74) is 1.85. The van der Waals surface area contributed by atoms with Crippen molar-refractivity contribution < 1.29 is 29.0 Å². The molecular formula is C27H30N2O6. The minimum atomic E-state index is -0.649. The SMILES string of the molecule is CC1=CCC(=O)CCCC=Cc2cc(OCCCNC(=O)c3ccncc3)cc(O)c2C(=O)OC1. The third kappa shape index (κ3) is 8.10. The molecule has 2 N–H and O–H groups in total. The molecule has 0 aliphatic carbocycles. The number of aromatic hydroxyl groups is 1. The minimum absolute atomic E-state index is 0.0399. The van der Waals surface area contributed by atoms with Crippen LogP contribution >= 0.6 is 0 Å². The maximum absolute atomic E-state index is 12.7. The highest BCUT2D eigenvalue weighted by molar-refractivity contribution is 5.97. The number of aromatic nitrogens is 1. The van der Waals surface area contributed by atoms with E-state index in [1.54, 1.807) is 49.7 Å². The standard InChI is InChI=1S/C27H30N2O6/c1-19-8-9-22(30)7-4-2-3-6-21-16-23(17-24(31)25(21)27(33)35-18-19)34-15-5-12-29-26(32)20-10-13-28-14-11-20/h3,6,8,10-11,13-14,16-17,31H,2,4-5,7,9,12,15,18H2,1H3,(H,29,32). The van der Waals surface area contributed by atoms with Crippen LogP contribution in [-0.2, 0) is 9.53 Å². The van der Waals surface area contributed by atoms with Gasteiger partial charge in [-0.25, -0.2) is 4.79 Å². The maximum Gasteiger partial charge on any atom is 0.342 e. The van der Waals surface area contributed by atoms with Crippen LogP contribution in [0.5, 0.6) is 11.5 Å². The molecular weight excluding hydrogens is 448 g/mol. The number of cyclic esters (lactones) is 1. The monoisotopic (exact) mass is 478 g/mol. The molecule has 8 heteroatoms. The molecule has 1 aromatic carbocycles. The van der Waals surface area contributed by atoms with Gasteiger partial charge in [-0.1, -0.05) is 18.2 Å². The lowest BCUT2D eigenvalue weighted by atomic mass is 10.0. The molecule has 35 heavy (non-hydrogen) atoms. The van der Waals surface area contributed by atoms with Crippen LogP contribution < -0.4 is 10.1 Å². The Morgan fingerprint density at radius 1 is 1.23 bits per heavy atom. The second-order valence-electron chi connectivity index (χ2n) is 8.26. The fraction of sp³-hybridized carbons (Fsp3) is 0.333. The molecule has 0 saturated heterocycles. The third-order valence-corrected chi connectivity index (χ3v) is 5.38. The highest BCUT2D eigenvalue weighted by Gasteiger charge is 2.19. The van der Waals surface area contributed by atoms with E-state index in [9.17, 15) is 19.5 Å². The molecule has 1 aliphatic heterocycles. The van der Waals surface area contributed by atoms with Gasteiger partial charge in [-0.05, 0) is 55.5 Å². The van der Waals surface area contributed by atoms with E-state index in [1.807, 2.05) is 6.08 Å². The Morgan fingerprint density at radius 2 is 2.03 bits per heavy atom. The number of hydrogen-bond donors (Lipinski definition) is 2. The number of esters is 1. The summed E-state index contributed by atoms with van der Waals surface area (Å²) in [6.45, 7) is 2.55. The zero-order valence-corrected chi connectivity index (χ0v) is 19.8. The number of fused-ring (bicyclic) bond motifs is 1. The zero-order chi connectivity index (χ0) is 25.0. The number of allylic oxidation sites excluding steroid dienone is 2. The quantitative estimate of drug-likeness (QED) is 0.362. The van der Waals surface area contributed by atoms with Gasteiger partial charge >= 0.3 is 5.97 Å². The number of phenols is 1.